The van der Waals surface area contributed by atoms with Crippen LogP contribution in [-0.2, 0) is 12.8 Å². The van der Waals surface area contributed by atoms with Gasteiger partial charge in [0.05, 0.1) is 11.7 Å². The first-order valence-corrected chi connectivity index (χ1v) is 6.96. The maximum absolute atomic E-state index is 4.55. The van der Waals surface area contributed by atoms with Gasteiger partial charge >= 0.3 is 0 Å². The van der Waals surface area contributed by atoms with E-state index < -0.39 is 0 Å². The molecule has 0 saturated heterocycles. The van der Waals surface area contributed by atoms with Crippen molar-refractivity contribution in [3.05, 3.63) is 65.7 Å². The van der Waals surface area contributed by atoms with Crippen molar-refractivity contribution in [2.75, 3.05) is 12.4 Å². The summed E-state index contributed by atoms with van der Waals surface area (Å²) < 4.78 is 2.17. The first kappa shape index (κ1) is 12.7. The molecule has 0 fully saturated rings. The molecule has 0 bridgehead atoms. The summed E-state index contributed by atoms with van der Waals surface area (Å²) in [4.78, 5) is 4.55. The van der Waals surface area contributed by atoms with Crippen molar-refractivity contribution in [2.45, 2.75) is 19.8 Å². The summed E-state index contributed by atoms with van der Waals surface area (Å²) in [6.07, 6.45) is 6.01. The minimum atomic E-state index is 0.956. The summed E-state index contributed by atoms with van der Waals surface area (Å²) in [5.74, 6) is 1.12. The van der Waals surface area contributed by atoms with Crippen LogP contribution in [-0.4, -0.2) is 16.4 Å². The molecule has 0 saturated carbocycles. The Hall–Kier alpha value is -2.29. The van der Waals surface area contributed by atoms with E-state index >= 15 is 0 Å². The van der Waals surface area contributed by atoms with Crippen molar-refractivity contribution in [2.24, 2.45) is 0 Å². The van der Waals surface area contributed by atoms with Gasteiger partial charge in [0.25, 0.3) is 0 Å². The number of pyridine rings is 1. The monoisotopic (exact) mass is 265 g/mol. The second-order valence-corrected chi connectivity index (χ2v) is 5.06. The van der Waals surface area contributed by atoms with Gasteiger partial charge in [-0.3, -0.25) is 0 Å². The van der Waals surface area contributed by atoms with E-state index in [0.717, 1.165) is 29.9 Å². The van der Waals surface area contributed by atoms with Crippen molar-refractivity contribution < 1.29 is 0 Å². The van der Waals surface area contributed by atoms with E-state index in [0.29, 0.717) is 0 Å². The Morgan fingerprint density at radius 2 is 2.00 bits per heavy atom. The molecule has 2 aromatic heterocycles. The van der Waals surface area contributed by atoms with Crippen molar-refractivity contribution in [3.63, 3.8) is 0 Å². The lowest BCUT2D eigenvalue weighted by Gasteiger charge is -2.06. The highest BCUT2D eigenvalue weighted by atomic mass is 15.0. The molecule has 0 spiro atoms. The lowest BCUT2D eigenvalue weighted by atomic mass is 10.0. The van der Waals surface area contributed by atoms with Crippen LogP contribution in [0.4, 0.5) is 5.69 Å². The van der Waals surface area contributed by atoms with Gasteiger partial charge in [-0.1, -0.05) is 24.3 Å². The van der Waals surface area contributed by atoms with Gasteiger partial charge in [-0.25, -0.2) is 4.98 Å². The molecule has 0 radical (unpaired) electrons. The van der Waals surface area contributed by atoms with Gasteiger partial charge in [0, 0.05) is 25.4 Å². The summed E-state index contributed by atoms with van der Waals surface area (Å²) in [6, 6.07) is 12.7. The molecule has 1 aromatic carbocycles. The lowest BCUT2D eigenvalue weighted by molar-refractivity contribution is 0.849. The Labute approximate surface area is 119 Å². The van der Waals surface area contributed by atoms with Gasteiger partial charge in [0.1, 0.15) is 5.82 Å². The number of aromatic nitrogens is 2. The normalized spacial score (nSPS) is 10.9. The molecule has 2 heterocycles. The third-order valence-electron chi connectivity index (χ3n) is 3.78. The van der Waals surface area contributed by atoms with E-state index in [1.165, 1.54) is 11.1 Å². The predicted octanol–water partition coefficient (Wildman–Crippen LogP) is 3.47. The maximum atomic E-state index is 4.55. The Kier molecular flexibility index (Phi) is 3.42. The van der Waals surface area contributed by atoms with E-state index in [-0.39, 0.29) is 0 Å². The molecule has 0 aliphatic rings. The fraction of sp³-hybridized carbons (Fsp3) is 0.235. The lowest BCUT2D eigenvalue weighted by Crippen LogP contribution is -1.99. The van der Waals surface area contributed by atoms with Crippen LogP contribution in [0.15, 0.2) is 48.8 Å². The minimum Gasteiger partial charge on any atom is -0.388 e. The van der Waals surface area contributed by atoms with Crippen LogP contribution < -0.4 is 5.32 Å². The Bertz CT molecular complexity index is 728. The summed E-state index contributed by atoms with van der Waals surface area (Å²) >= 11 is 0. The van der Waals surface area contributed by atoms with Crippen LogP contribution in [0.3, 0.4) is 0 Å². The molecule has 0 aliphatic heterocycles. The number of hydrogen-bond donors (Lipinski definition) is 1. The highest BCUT2D eigenvalue weighted by molar-refractivity contribution is 5.57. The second-order valence-electron chi connectivity index (χ2n) is 5.06. The van der Waals surface area contributed by atoms with Crippen LogP contribution >= 0.6 is 0 Å². The van der Waals surface area contributed by atoms with Gasteiger partial charge < -0.3 is 9.72 Å². The summed E-state index contributed by atoms with van der Waals surface area (Å²) in [6.45, 7) is 2.16. The molecule has 3 aromatic rings. The van der Waals surface area contributed by atoms with Crippen molar-refractivity contribution in [1.29, 1.82) is 0 Å². The Balaban J connectivity index is 1.83. The third-order valence-corrected chi connectivity index (χ3v) is 3.78. The van der Waals surface area contributed by atoms with E-state index in [4.69, 9.17) is 0 Å². The molecule has 0 amide bonds. The number of nitrogens with zero attached hydrogens (tertiary/aromatic N) is 2. The largest absolute Gasteiger partial charge is 0.388 e. The van der Waals surface area contributed by atoms with Gasteiger partial charge in [0.2, 0.25) is 0 Å². The molecule has 102 valence electrons. The third kappa shape index (κ3) is 2.39. The second kappa shape index (κ2) is 5.37. The summed E-state index contributed by atoms with van der Waals surface area (Å²) in [5.41, 5.74) is 5.00. The van der Waals surface area contributed by atoms with E-state index in [1.807, 2.05) is 13.2 Å². The molecular weight excluding hydrogens is 246 g/mol. The van der Waals surface area contributed by atoms with Gasteiger partial charge in [-0.05, 0) is 36.6 Å². The molecule has 0 unspecified atom stereocenters. The zero-order chi connectivity index (χ0) is 13.9. The zero-order valence-corrected chi connectivity index (χ0v) is 11.9. The average molecular weight is 265 g/mol. The molecule has 1 N–H and O–H groups in total. The predicted molar refractivity (Wildman–Crippen MR) is 83.3 cm³/mol. The average Bonchev–Trinajstić information content (AvgIpc) is 2.88. The van der Waals surface area contributed by atoms with Crippen molar-refractivity contribution in [3.8, 4) is 0 Å². The molecule has 0 aliphatic carbocycles. The maximum Gasteiger partial charge on any atom is 0.113 e. The van der Waals surface area contributed by atoms with Gasteiger partial charge in [-0.2, -0.15) is 0 Å². The Morgan fingerprint density at radius 1 is 1.15 bits per heavy atom. The van der Waals surface area contributed by atoms with E-state index in [9.17, 15) is 0 Å². The van der Waals surface area contributed by atoms with Crippen LogP contribution in [0.25, 0.3) is 5.52 Å². The summed E-state index contributed by atoms with van der Waals surface area (Å²) in [5, 5.41) is 3.15. The highest BCUT2D eigenvalue weighted by Gasteiger charge is 2.05. The first-order valence-electron chi connectivity index (χ1n) is 6.96. The number of anilines is 1. The van der Waals surface area contributed by atoms with Crippen LogP contribution in [0.2, 0.25) is 0 Å². The zero-order valence-electron chi connectivity index (χ0n) is 11.9. The molecular formula is C17H19N3. The molecule has 3 rings (SSSR count). The van der Waals surface area contributed by atoms with Crippen LogP contribution in [0.5, 0.6) is 0 Å². The standard InChI is InChI=1S/C17H19N3/c1-13-5-3-4-6-14(13)7-8-17-19-12-16-11-15(18-2)9-10-20(16)17/h3-6,9-12,18H,7-8H2,1-2H3. The number of nitrogens with one attached hydrogen (secondary N) is 1. The number of fused-ring (bicyclic) bond motifs is 1. The van der Waals surface area contributed by atoms with Gasteiger partial charge in [-0.15, -0.1) is 0 Å². The molecule has 0 atom stereocenters. The SMILES string of the molecule is CNc1ccn2c(CCc3ccccc3C)ncc2c1. The highest BCUT2D eigenvalue weighted by Crippen LogP contribution is 2.15. The number of imidazole rings is 1. The molecule has 3 heteroatoms. The van der Waals surface area contributed by atoms with Gasteiger partial charge in [0.15, 0.2) is 0 Å². The van der Waals surface area contributed by atoms with Crippen molar-refractivity contribution in [1.82, 2.24) is 9.38 Å². The fourth-order valence-corrected chi connectivity index (χ4v) is 2.53. The number of hydrogen-bond acceptors (Lipinski definition) is 2. The Morgan fingerprint density at radius 3 is 2.80 bits per heavy atom. The molecule has 20 heavy (non-hydrogen) atoms. The summed E-state index contributed by atoms with van der Waals surface area (Å²) in [7, 11) is 1.93. The number of aryl methyl sites for hydroxylation is 3. The number of rotatable bonds is 4. The van der Waals surface area contributed by atoms with E-state index in [1.54, 1.807) is 0 Å². The van der Waals surface area contributed by atoms with Crippen molar-refractivity contribution >= 4 is 11.2 Å². The smallest absolute Gasteiger partial charge is 0.113 e. The van der Waals surface area contributed by atoms with Crippen LogP contribution in [0, 0.1) is 6.92 Å². The fourth-order valence-electron chi connectivity index (χ4n) is 2.53. The quantitative estimate of drug-likeness (QED) is 0.782. The minimum absolute atomic E-state index is 0.956. The van der Waals surface area contributed by atoms with Crippen LogP contribution in [0.1, 0.15) is 17.0 Å². The first-order chi connectivity index (χ1) is 9.78. The molecule has 3 nitrogen and oxygen atoms in total. The van der Waals surface area contributed by atoms with E-state index in [2.05, 4.69) is 64.2 Å². The number of benzene rings is 1. The topological polar surface area (TPSA) is 29.3 Å².